The smallest absolute Gasteiger partial charge is 0.137 e. The van der Waals surface area contributed by atoms with Gasteiger partial charge >= 0.3 is 0 Å². The third-order valence-corrected chi connectivity index (χ3v) is 2.25. The van der Waals surface area contributed by atoms with Crippen molar-refractivity contribution in [2.75, 3.05) is 0 Å². The first-order chi connectivity index (χ1) is 6.92. The van der Waals surface area contributed by atoms with Gasteiger partial charge in [-0.05, 0) is 31.9 Å². The van der Waals surface area contributed by atoms with E-state index in [-0.39, 0.29) is 0 Å². The maximum atomic E-state index is 5.31. The Bertz CT molecular complexity index is 442. The summed E-state index contributed by atoms with van der Waals surface area (Å²) in [6, 6.07) is 3.88. The van der Waals surface area contributed by atoms with Crippen molar-refractivity contribution in [3.8, 4) is 0 Å². The Morgan fingerprint density at radius 2 is 2.36 bits per heavy atom. The molecule has 0 saturated carbocycles. The normalized spacial score (nSPS) is 11.5. The van der Waals surface area contributed by atoms with E-state index < -0.39 is 0 Å². The first-order valence-corrected chi connectivity index (χ1v) is 4.84. The summed E-state index contributed by atoms with van der Waals surface area (Å²) in [4.78, 5) is 4.36. The molecule has 72 valence electrons. The van der Waals surface area contributed by atoms with Crippen molar-refractivity contribution >= 4 is 11.0 Å². The molecule has 0 fully saturated rings. The molecule has 0 unspecified atom stereocenters. The molecule has 0 N–H and O–H groups in total. The lowest BCUT2D eigenvalue weighted by Crippen LogP contribution is -1.88. The molecule has 2 rings (SSSR count). The lowest BCUT2D eigenvalue weighted by Gasteiger charge is -1.98. The van der Waals surface area contributed by atoms with Crippen LogP contribution in [0.15, 0.2) is 41.2 Å². The first-order valence-electron chi connectivity index (χ1n) is 4.84. The number of allylic oxidation sites excluding steroid dienone is 2. The Balaban J connectivity index is 2.27. The molecule has 2 nitrogen and oxygen atoms in total. The second-order valence-corrected chi connectivity index (χ2v) is 3.20. The van der Waals surface area contributed by atoms with E-state index in [1.807, 2.05) is 19.1 Å². The number of furan rings is 1. The zero-order chi connectivity index (χ0) is 9.80. The van der Waals surface area contributed by atoms with Crippen LogP contribution in [0.4, 0.5) is 0 Å². The summed E-state index contributed by atoms with van der Waals surface area (Å²) in [5, 5.41) is 1.14. The van der Waals surface area contributed by atoms with Crippen LogP contribution in [-0.2, 0) is 6.42 Å². The standard InChI is InChI=1S/C12H13NO/c1-2-3-4-5-11-10-7-9-14-12(10)6-8-13-11/h2-3,6-9H,4-5H2,1H3. The van der Waals surface area contributed by atoms with Gasteiger partial charge in [0.1, 0.15) is 5.58 Å². The molecule has 0 aliphatic rings. The van der Waals surface area contributed by atoms with E-state index in [0.717, 1.165) is 29.5 Å². The van der Waals surface area contributed by atoms with Crippen LogP contribution < -0.4 is 0 Å². The second-order valence-electron chi connectivity index (χ2n) is 3.20. The molecule has 0 bridgehead atoms. The Morgan fingerprint density at radius 1 is 1.43 bits per heavy atom. The first kappa shape index (κ1) is 9.00. The number of aryl methyl sites for hydroxylation is 1. The van der Waals surface area contributed by atoms with Crippen molar-refractivity contribution < 1.29 is 4.42 Å². The number of fused-ring (bicyclic) bond motifs is 1. The number of pyridine rings is 1. The van der Waals surface area contributed by atoms with Crippen molar-refractivity contribution in [3.63, 3.8) is 0 Å². The summed E-state index contributed by atoms with van der Waals surface area (Å²) in [6.07, 6.45) is 9.74. The predicted molar refractivity (Wildman–Crippen MR) is 57.1 cm³/mol. The van der Waals surface area contributed by atoms with E-state index in [1.165, 1.54) is 0 Å². The van der Waals surface area contributed by atoms with Crippen LogP contribution in [0.1, 0.15) is 19.0 Å². The van der Waals surface area contributed by atoms with Gasteiger partial charge in [0.15, 0.2) is 0 Å². The molecule has 0 atom stereocenters. The minimum atomic E-state index is 0.926. The van der Waals surface area contributed by atoms with Crippen molar-refractivity contribution in [3.05, 3.63) is 42.4 Å². The van der Waals surface area contributed by atoms with Gasteiger partial charge < -0.3 is 4.42 Å². The maximum absolute atomic E-state index is 5.31. The van der Waals surface area contributed by atoms with Crippen LogP contribution in [0, 0.1) is 0 Å². The number of aromatic nitrogens is 1. The fourth-order valence-electron chi connectivity index (χ4n) is 1.54. The SMILES string of the molecule is CC=CCCc1nccc2occc12. The summed E-state index contributed by atoms with van der Waals surface area (Å²) in [5.74, 6) is 0. The van der Waals surface area contributed by atoms with Gasteiger partial charge in [-0.25, -0.2) is 0 Å². The minimum Gasteiger partial charge on any atom is -0.464 e. The van der Waals surface area contributed by atoms with Crippen LogP contribution in [0.25, 0.3) is 11.0 Å². The number of nitrogens with zero attached hydrogens (tertiary/aromatic N) is 1. The van der Waals surface area contributed by atoms with E-state index >= 15 is 0 Å². The van der Waals surface area contributed by atoms with Crippen LogP contribution >= 0.6 is 0 Å². The van der Waals surface area contributed by atoms with Gasteiger partial charge in [0.25, 0.3) is 0 Å². The quantitative estimate of drug-likeness (QED) is 0.689. The van der Waals surface area contributed by atoms with Gasteiger partial charge in [-0.1, -0.05) is 12.2 Å². The Labute approximate surface area is 83.3 Å². The maximum Gasteiger partial charge on any atom is 0.137 e. The average Bonchev–Trinajstić information content (AvgIpc) is 2.67. The fourth-order valence-corrected chi connectivity index (χ4v) is 1.54. The highest BCUT2D eigenvalue weighted by Crippen LogP contribution is 2.18. The van der Waals surface area contributed by atoms with E-state index in [0.29, 0.717) is 0 Å². The minimum absolute atomic E-state index is 0.926. The molecule has 2 heterocycles. The van der Waals surface area contributed by atoms with Gasteiger partial charge in [-0.2, -0.15) is 0 Å². The van der Waals surface area contributed by atoms with Gasteiger partial charge in [-0.15, -0.1) is 0 Å². The van der Waals surface area contributed by atoms with E-state index in [9.17, 15) is 0 Å². The molecule has 0 amide bonds. The third kappa shape index (κ3) is 1.69. The molecule has 2 aromatic rings. The topological polar surface area (TPSA) is 26.0 Å². The summed E-state index contributed by atoms with van der Waals surface area (Å²) in [6.45, 7) is 2.03. The fraction of sp³-hybridized carbons (Fsp3) is 0.250. The highest BCUT2D eigenvalue weighted by molar-refractivity contribution is 5.79. The molecule has 0 saturated heterocycles. The van der Waals surface area contributed by atoms with Crippen LogP contribution in [0.2, 0.25) is 0 Å². The Hall–Kier alpha value is -1.57. The summed E-state index contributed by atoms with van der Waals surface area (Å²) >= 11 is 0. The van der Waals surface area contributed by atoms with E-state index in [1.54, 1.807) is 12.5 Å². The number of hydrogen-bond acceptors (Lipinski definition) is 2. The molecule has 0 radical (unpaired) electrons. The van der Waals surface area contributed by atoms with Gasteiger partial charge in [0.05, 0.1) is 12.0 Å². The summed E-state index contributed by atoms with van der Waals surface area (Å²) < 4.78 is 5.31. The van der Waals surface area contributed by atoms with E-state index in [4.69, 9.17) is 4.42 Å². The Kier molecular flexibility index (Phi) is 2.63. The largest absolute Gasteiger partial charge is 0.464 e. The monoisotopic (exact) mass is 187 g/mol. The van der Waals surface area contributed by atoms with E-state index in [2.05, 4.69) is 17.1 Å². The molecule has 14 heavy (non-hydrogen) atoms. The van der Waals surface area contributed by atoms with Crippen molar-refractivity contribution in [1.82, 2.24) is 4.98 Å². The highest BCUT2D eigenvalue weighted by Gasteiger charge is 2.02. The van der Waals surface area contributed by atoms with Crippen molar-refractivity contribution in [2.24, 2.45) is 0 Å². The molecular weight excluding hydrogens is 174 g/mol. The lowest BCUT2D eigenvalue weighted by atomic mass is 10.1. The van der Waals surface area contributed by atoms with Gasteiger partial charge in [0.2, 0.25) is 0 Å². The molecule has 0 spiro atoms. The molecule has 2 heteroatoms. The molecule has 0 aliphatic heterocycles. The average molecular weight is 187 g/mol. The zero-order valence-electron chi connectivity index (χ0n) is 8.23. The van der Waals surface area contributed by atoms with Crippen LogP contribution in [-0.4, -0.2) is 4.98 Å². The summed E-state index contributed by atoms with van der Waals surface area (Å²) in [7, 11) is 0. The number of rotatable bonds is 3. The van der Waals surface area contributed by atoms with Gasteiger partial charge in [-0.3, -0.25) is 4.98 Å². The second kappa shape index (κ2) is 4.09. The number of hydrogen-bond donors (Lipinski definition) is 0. The summed E-state index contributed by atoms with van der Waals surface area (Å²) in [5.41, 5.74) is 2.05. The van der Waals surface area contributed by atoms with Crippen molar-refractivity contribution in [2.45, 2.75) is 19.8 Å². The lowest BCUT2D eigenvalue weighted by molar-refractivity contribution is 0.615. The highest BCUT2D eigenvalue weighted by atomic mass is 16.3. The van der Waals surface area contributed by atoms with Crippen molar-refractivity contribution in [1.29, 1.82) is 0 Å². The molecule has 0 aliphatic carbocycles. The van der Waals surface area contributed by atoms with Crippen LogP contribution in [0.3, 0.4) is 0 Å². The van der Waals surface area contributed by atoms with Crippen LogP contribution in [0.5, 0.6) is 0 Å². The third-order valence-electron chi connectivity index (χ3n) is 2.25. The molecule has 0 aromatic carbocycles. The zero-order valence-corrected chi connectivity index (χ0v) is 8.23. The molecular formula is C12H13NO. The van der Waals surface area contributed by atoms with Gasteiger partial charge in [0, 0.05) is 11.6 Å². The Morgan fingerprint density at radius 3 is 3.21 bits per heavy atom. The molecule has 2 aromatic heterocycles. The predicted octanol–water partition coefficient (Wildman–Crippen LogP) is 3.34.